The summed E-state index contributed by atoms with van der Waals surface area (Å²) in [6.45, 7) is 1.72. The summed E-state index contributed by atoms with van der Waals surface area (Å²) in [6.07, 6.45) is 4.34. The van der Waals surface area contributed by atoms with Crippen LogP contribution in [-0.4, -0.2) is 21.5 Å². The van der Waals surface area contributed by atoms with E-state index in [2.05, 4.69) is 4.74 Å². The van der Waals surface area contributed by atoms with Crippen molar-refractivity contribution in [2.45, 2.75) is 11.8 Å². The number of carbonyl (C=O) groups is 1. The first-order valence-electron chi connectivity index (χ1n) is 5.25. The fourth-order valence-corrected chi connectivity index (χ4v) is 2.61. The first-order chi connectivity index (χ1) is 8.54. The molecule has 0 heterocycles. The maximum Gasteiger partial charge on any atom is 0.349 e. The first-order valence-corrected chi connectivity index (χ1v) is 6.73. The van der Waals surface area contributed by atoms with Crippen molar-refractivity contribution < 1.29 is 17.9 Å². The monoisotopic (exact) mass is 266 g/mol. The third-order valence-electron chi connectivity index (χ3n) is 2.17. The molecule has 0 aromatic heterocycles. The molecule has 0 aliphatic heterocycles. The molecule has 1 aromatic carbocycles. The van der Waals surface area contributed by atoms with Gasteiger partial charge in [0.15, 0.2) is 4.91 Å². The molecule has 18 heavy (non-hydrogen) atoms. The second-order valence-corrected chi connectivity index (χ2v) is 5.28. The maximum atomic E-state index is 12.2. The molecule has 0 saturated carbocycles. The van der Waals surface area contributed by atoms with Gasteiger partial charge in [0.05, 0.1) is 12.0 Å². The van der Waals surface area contributed by atoms with Gasteiger partial charge in [-0.15, -0.1) is 0 Å². The molecule has 0 N–H and O–H groups in total. The Balaban J connectivity index is 3.34. The van der Waals surface area contributed by atoms with Crippen molar-refractivity contribution in [2.24, 2.45) is 0 Å². The van der Waals surface area contributed by atoms with Crippen molar-refractivity contribution in [1.82, 2.24) is 0 Å². The zero-order valence-corrected chi connectivity index (χ0v) is 11.0. The lowest BCUT2D eigenvalue weighted by atomic mass is 10.4. The summed E-state index contributed by atoms with van der Waals surface area (Å²) in [6, 6.07) is 7.75. The van der Waals surface area contributed by atoms with Crippen molar-refractivity contribution in [2.75, 3.05) is 7.11 Å². The highest BCUT2D eigenvalue weighted by atomic mass is 32.2. The molecule has 0 saturated heterocycles. The van der Waals surface area contributed by atoms with Crippen LogP contribution in [0.15, 0.2) is 58.4 Å². The second kappa shape index (κ2) is 6.16. The lowest BCUT2D eigenvalue weighted by Gasteiger charge is -2.06. The molecule has 0 radical (unpaired) electrons. The van der Waals surface area contributed by atoms with Gasteiger partial charge in [0.2, 0.25) is 9.84 Å². The molecule has 0 spiro atoms. The van der Waals surface area contributed by atoms with Crippen molar-refractivity contribution in [3.63, 3.8) is 0 Å². The van der Waals surface area contributed by atoms with Gasteiger partial charge in [0, 0.05) is 0 Å². The van der Waals surface area contributed by atoms with Gasteiger partial charge in [-0.25, -0.2) is 13.2 Å². The number of benzene rings is 1. The summed E-state index contributed by atoms with van der Waals surface area (Å²) in [5.74, 6) is -0.878. The fourth-order valence-electron chi connectivity index (χ4n) is 1.28. The van der Waals surface area contributed by atoms with E-state index < -0.39 is 15.8 Å². The van der Waals surface area contributed by atoms with Crippen LogP contribution >= 0.6 is 0 Å². The Morgan fingerprint density at radius 1 is 1.22 bits per heavy atom. The van der Waals surface area contributed by atoms with Crippen molar-refractivity contribution >= 4 is 15.8 Å². The minimum Gasteiger partial charge on any atom is -0.465 e. The van der Waals surface area contributed by atoms with E-state index in [4.69, 9.17) is 0 Å². The minimum absolute atomic E-state index is 0.0613. The highest BCUT2D eigenvalue weighted by molar-refractivity contribution is 7.96. The predicted molar refractivity (Wildman–Crippen MR) is 68.5 cm³/mol. The Kier molecular flexibility index (Phi) is 4.85. The molecule has 1 rings (SSSR count). The van der Waals surface area contributed by atoms with Gasteiger partial charge in [0.1, 0.15) is 0 Å². The Morgan fingerprint density at radius 2 is 1.83 bits per heavy atom. The van der Waals surface area contributed by atoms with Gasteiger partial charge in [-0.3, -0.25) is 0 Å². The van der Waals surface area contributed by atoms with E-state index in [1.807, 2.05) is 0 Å². The highest BCUT2D eigenvalue weighted by Gasteiger charge is 2.26. The minimum atomic E-state index is -3.85. The quantitative estimate of drug-likeness (QED) is 0.475. The molecule has 4 nitrogen and oxygen atoms in total. The van der Waals surface area contributed by atoms with E-state index in [-0.39, 0.29) is 9.80 Å². The van der Waals surface area contributed by atoms with Gasteiger partial charge in [-0.05, 0) is 25.1 Å². The Bertz CT molecular complexity index is 568. The lowest BCUT2D eigenvalue weighted by Crippen LogP contribution is -2.15. The molecule has 0 aliphatic rings. The largest absolute Gasteiger partial charge is 0.465 e. The molecule has 0 aliphatic carbocycles. The van der Waals surface area contributed by atoms with E-state index in [1.54, 1.807) is 31.2 Å². The number of allylic oxidation sites excluding steroid dienone is 3. The van der Waals surface area contributed by atoms with E-state index in [1.165, 1.54) is 24.3 Å². The van der Waals surface area contributed by atoms with Crippen LogP contribution in [-0.2, 0) is 19.4 Å². The van der Waals surface area contributed by atoms with E-state index in [9.17, 15) is 13.2 Å². The number of rotatable bonds is 4. The second-order valence-electron chi connectivity index (χ2n) is 3.36. The van der Waals surface area contributed by atoms with Gasteiger partial charge >= 0.3 is 5.97 Å². The maximum absolute atomic E-state index is 12.2. The van der Waals surface area contributed by atoms with Crippen LogP contribution in [0, 0.1) is 0 Å². The van der Waals surface area contributed by atoms with Gasteiger partial charge in [-0.1, -0.05) is 30.4 Å². The van der Waals surface area contributed by atoms with Crippen LogP contribution in [0.5, 0.6) is 0 Å². The van der Waals surface area contributed by atoms with Crippen LogP contribution in [0.1, 0.15) is 6.92 Å². The number of hydrogen-bond acceptors (Lipinski definition) is 4. The van der Waals surface area contributed by atoms with Crippen LogP contribution in [0.25, 0.3) is 0 Å². The summed E-state index contributed by atoms with van der Waals surface area (Å²) in [4.78, 5) is 11.2. The van der Waals surface area contributed by atoms with Crippen molar-refractivity contribution in [3.8, 4) is 0 Å². The molecular formula is C13H14O4S. The number of esters is 1. The number of carbonyl (C=O) groups excluding carboxylic acids is 1. The van der Waals surface area contributed by atoms with Crippen LogP contribution in [0.4, 0.5) is 0 Å². The highest BCUT2D eigenvalue weighted by Crippen LogP contribution is 2.20. The van der Waals surface area contributed by atoms with E-state index in [0.717, 1.165) is 7.11 Å². The standard InChI is InChI=1S/C13H14O4S/c1-3-4-10-12(13(14)17-2)18(15,16)11-8-6-5-7-9-11/h3-10H,1-2H3. The topological polar surface area (TPSA) is 60.4 Å². The Morgan fingerprint density at radius 3 is 2.33 bits per heavy atom. The molecule has 5 heteroatoms. The molecule has 0 amide bonds. The molecular weight excluding hydrogens is 252 g/mol. The number of hydrogen-bond donors (Lipinski definition) is 0. The molecule has 0 fully saturated rings. The van der Waals surface area contributed by atoms with E-state index in [0.29, 0.717) is 0 Å². The number of methoxy groups -OCH3 is 1. The summed E-state index contributed by atoms with van der Waals surface area (Å²) >= 11 is 0. The smallest absolute Gasteiger partial charge is 0.349 e. The average Bonchev–Trinajstić information content (AvgIpc) is 2.39. The summed E-state index contributed by atoms with van der Waals surface area (Å²) in [5, 5.41) is 0. The summed E-state index contributed by atoms with van der Waals surface area (Å²) in [7, 11) is -2.70. The Hall–Kier alpha value is -1.88. The van der Waals surface area contributed by atoms with Crippen LogP contribution < -0.4 is 0 Å². The SMILES string of the molecule is CC=CC=C(C(=O)OC)S(=O)(=O)c1ccccc1. The third kappa shape index (κ3) is 3.07. The number of sulfone groups is 1. The van der Waals surface area contributed by atoms with Crippen molar-refractivity contribution in [3.05, 3.63) is 53.5 Å². The zero-order chi connectivity index (χ0) is 13.6. The third-order valence-corrected chi connectivity index (χ3v) is 3.94. The Labute approximate surface area is 107 Å². The summed E-state index contributed by atoms with van der Waals surface area (Å²) in [5.41, 5.74) is 0. The van der Waals surface area contributed by atoms with Crippen LogP contribution in [0.2, 0.25) is 0 Å². The summed E-state index contributed by atoms with van der Waals surface area (Å²) < 4.78 is 29.0. The fraction of sp³-hybridized carbons (Fsp3) is 0.154. The zero-order valence-electron chi connectivity index (χ0n) is 10.2. The van der Waals surface area contributed by atoms with Gasteiger partial charge in [0.25, 0.3) is 0 Å². The van der Waals surface area contributed by atoms with Gasteiger partial charge in [-0.2, -0.15) is 0 Å². The van der Waals surface area contributed by atoms with Crippen molar-refractivity contribution in [1.29, 1.82) is 0 Å². The first kappa shape index (κ1) is 14.2. The molecule has 1 aromatic rings. The van der Waals surface area contributed by atoms with Gasteiger partial charge < -0.3 is 4.74 Å². The molecule has 0 bridgehead atoms. The molecule has 96 valence electrons. The average molecular weight is 266 g/mol. The predicted octanol–water partition coefficient (Wildman–Crippen LogP) is 2.09. The molecule has 0 unspecified atom stereocenters. The lowest BCUT2D eigenvalue weighted by molar-refractivity contribution is -0.135. The normalized spacial score (nSPS) is 12.7. The van der Waals surface area contributed by atoms with E-state index >= 15 is 0 Å². The number of ether oxygens (including phenoxy) is 1. The molecule has 0 atom stereocenters. The van der Waals surface area contributed by atoms with Crippen LogP contribution in [0.3, 0.4) is 0 Å².